The van der Waals surface area contributed by atoms with E-state index in [2.05, 4.69) is 5.32 Å². The molecule has 0 heterocycles. The Hall–Kier alpha value is -3.28. The highest BCUT2D eigenvalue weighted by molar-refractivity contribution is 6.02. The average molecular weight is 340 g/mol. The summed E-state index contributed by atoms with van der Waals surface area (Å²) in [7, 11) is 3.12. The van der Waals surface area contributed by atoms with Gasteiger partial charge in [-0.3, -0.25) is 9.59 Å². The summed E-state index contributed by atoms with van der Waals surface area (Å²) >= 11 is 0. The van der Waals surface area contributed by atoms with E-state index in [1.165, 1.54) is 6.08 Å². The third-order valence-electron chi connectivity index (χ3n) is 3.43. The maximum absolute atomic E-state index is 12.0. The molecule has 2 amide bonds. The first-order valence-electron chi connectivity index (χ1n) is 7.60. The smallest absolute Gasteiger partial charge is 0.248 e. The summed E-state index contributed by atoms with van der Waals surface area (Å²) in [6.07, 6.45) is 3.28. The molecule has 6 heteroatoms. The van der Waals surface area contributed by atoms with Crippen molar-refractivity contribution >= 4 is 23.6 Å². The third kappa shape index (κ3) is 5.39. The summed E-state index contributed by atoms with van der Waals surface area (Å²) in [5.74, 6) is 0.558. The third-order valence-corrected chi connectivity index (χ3v) is 3.43. The Labute approximate surface area is 146 Å². The van der Waals surface area contributed by atoms with Crippen LogP contribution in [0, 0.1) is 0 Å². The Morgan fingerprint density at radius 3 is 2.32 bits per heavy atom. The van der Waals surface area contributed by atoms with Gasteiger partial charge in [-0.25, -0.2) is 0 Å². The van der Waals surface area contributed by atoms with Gasteiger partial charge < -0.3 is 20.5 Å². The van der Waals surface area contributed by atoms with Crippen molar-refractivity contribution in [3.63, 3.8) is 0 Å². The van der Waals surface area contributed by atoms with Crippen molar-refractivity contribution in [2.24, 2.45) is 5.73 Å². The normalized spacial score (nSPS) is 10.5. The van der Waals surface area contributed by atoms with Gasteiger partial charge in [0.15, 0.2) is 11.5 Å². The first-order chi connectivity index (χ1) is 12.0. The van der Waals surface area contributed by atoms with E-state index in [-0.39, 0.29) is 12.3 Å². The molecule has 2 rings (SSSR count). The molecule has 6 nitrogen and oxygen atoms in total. The molecule has 0 saturated heterocycles. The maximum Gasteiger partial charge on any atom is 0.248 e. The largest absolute Gasteiger partial charge is 0.493 e. The number of methoxy groups -OCH3 is 2. The number of nitrogens with one attached hydrogen (secondary N) is 1. The van der Waals surface area contributed by atoms with Crippen LogP contribution in [-0.2, 0) is 16.0 Å². The number of benzene rings is 2. The molecule has 0 atom stereocenters. The lowest BCUT2D eigenvalue weighted by Gasteiger charge is -2.07. The zero-order chi connectivity index (χ0) is 18.2. The molecule has 0 fully saturated rings. The van der Waals surface area contributed by atoms with Crippen molar-refractivity contribution in [2.75, 3.05) is 19.5 Å². The average Bonchev–Trinajstić information content (AvgIpc) is 2.61. The molecular formula is C19H20N2O4. The van der Waals surface area contributed by atoms with Crippen molar-refractivity contribution in [1.82, 2.24) is 0 Å². The molecule has 2 aromatic carbocycles. The van der Waals surface area contributed by atoms with Gasteiger partial charge in [-0.05, 0) is 41.5 Å². The Bertz CT molecular complexity index is 783. The predicted octanol–water partition coefficient (Wildman–Crippen LogP) is 2.38. The minimum Gasteiger partial charge on any atom is -0.493 e. The van der Waals surface area contributed by atoms with Crippen LogP contribution in [0.15, 0.2) is 48.5 Å². The van der Waals surface area contributed by atoms with Crippen LogP contribution < -0.4 is 20.5 Å². The number of nitrogens with two attached hydrogens (primary N) is 1. The van der Waals surface area contributed by atoms with Crippen molar-refractivity contribution in [3.05, 3.63) is 59.7 Å². The molecule has 0 aliphatic carbocycles. The van der Waals surface area contributed by atoms with Gasteiger partial charge in [0.1, 0.15) is 0 Å². The lowest BCUT2D eigenvalue weighted by Crippen LogP contribution is -2.13. The van der Waals surface area contributed by atoms with E-state index in [1.54, 1.807) is 56.7 Å². The number of amides is 2. The Morgan fingerprint density at radius 1 is 1.04 bits per heavy atom. The van der Waals surface area contributed by atoms with Crippen LogP contribution in [0.3, 0.4) is 0 Å². The lowest BCUT2D eigenvalue weighted by atomic mass is 10.1. The fraction of sp³-hybridized carbons (Fsp3) is 0.158. The van der Waals surface area contributed by atoms with Crippen molar-refractivity contribution < 1.29 is 19.1 Å². The SMILES string of the molecule is COc1ccc(/C=C/C(=O)Nc2ccc(CC(N)=O)cc2)cc1OC. The van der Waals surface area contributed by atoms with Gasteiger partial charge >= 0.3 is 0 Å². The van der Waals surface area contributed by atoms with Gasteiger partial charge in [-0.1, -0.05) is 18.2 Å². The van der Waals surface area contributed by atoms with Crippen LogP contribution in [0.2, 0.25) is 0 Å². The summed E-state index contributed by atoms with van der Waals surface area (Å²) < 4.78 is 10.4. The van der Waals surface area contributed by atoms with E-state index in [0.29, 0.717) is 17.2 Å². The topological polar surface area (TPSA) is 90.6 Å². The minimum absolute atomic E-state index is 0.174. The number of primary amides is 1. The molecule has 0 saturated carbocycles. The molecule has 2 aromatic rings. The predicted molar refractivity (Wildman–Crippen MR) is 96.6 cm³/mol. The van der Waals surface area contributed by atoms with Crippen LogP contribution in [0.1, 0.15) is 11.1 Å². The van der Waals surface area contributed by atoms with Crippen molar-refractivity contribution in [2.45, 2.75) is 6.42 Å². The molecule has 3 N–H and O–H groups in total. The van der Waals surface area contributed by atoms with E-state index < -0.39 is 5.91 Å². The first-order valence-corrected chi connectivity index (χ1v) is 7.60. The second kappa shape index (κ2) is 8.54. The first kappa shape index (κ1) is 18.1. The van der Waals surface area contributed by atoms with Crippen molar-refractivity contribution in [3.8, 4) is 11.5 Å². The zero-order valence-electron chi connectivity index (χ0n) is 14.1. The molecule has 0 bridgehead atoms. The number of anilines is 1. The van der Waals surface area contributed by atoms with E-state index in [9.17, 15) is 9.59 Å². The Balaban J connectivity index is 1.99. The number of rotatable bonds is 7. The Kier molecular flexibility index (Phi) is 6.17. The van der Waals surface area contributed by atoms with Crippen LogP contribution >= 0.6 is 0 Å². The van der Waals surface area contributed by atoms with E-state index in [4.69, 9.17) is 15.2 Å². The molecule has 25 heavy (non-hydrogen) atoms. The fourth-order valence-corrected chi connectivity index (χ4v) is 2.22. The molecule has 0 aliphatic heterocycles. The molecule has 130 valence electrons. The van der Waals surface area contributed by atoms with Crippen LogP contribution in [0.25, 0.3) is 6.08 Å². The van der Waals surface area contributed by atoms with Gasteiger partial charge in [0.05, 0.1) is 20.6 Å². The minimum atomic E-state index is -0.394. The number of hydrogen-bond acceptors (Lipinski definition) is 4. The van der Waals surface area contributed by atoms with Gasteiger partial charge in [0.25, 0.3) is 0 Å². The van der Waals surface area contributed by atoms with E-state index in [1.807, 2.05) is 6.07 Å². The standard InChI is InChI=1S/C19H20N2O4/c1-24-16-9-5-13(11-17(16)25-2)6-10-19(23)21-15-7-3-14(4-8-15)12-18(20)22/h3-11H,12H2,1-2H3,(H2,20,22)(H,21,23)/b10-6+. The number of ether oxygens (including phenoxy) is 2. The second-order valence-corrected chi connectivity index (χ2v) is 5.28. The molecular weight excluding hydrogens is 320 g/mol. The highest BCUT2D eigenvalue weighted by Gasteiger charge is 2.04. The van der Waals surface area contributed by atoms with Gasteiger partial charge in [-0.2, -0.15) is 0 Å². The van der Waals surface area contributed by atoms with E-state index in [0.717, 1.165) is 11.1 Å². The number of carbonyl (C=O) groups excluding carboxylic acids is 2. The molecule has 0 spiro atoms. The maximum atomic E-state index is 12.0. The molecule has 0 aliphatic rings. The summed E-state index contributed by atoms with van der Waals surface area (Å²) in [5.41, 5.74) is 7.38. The summed E-state index contributed by atoms with van der Waals surface area (Å²) in [6, 6.07) is 12.3. The van der Waals surface area contributed by atoms with Gasteiger partial charge in [0, 0.05) is 11.8 Å². The highest BCUT2D eigenvalue weighted by Crippen LogP contribution is 2.27. The zero-order valence-corrected chi connectivity index (χ0v) is 14.1. The quantitative estimate of drug-likeness (QED) is 0.757. The van der Waals surface area contributed by atoms with Gasteiger partial charge in [0.2, 0.25) is 11.8 Å². The summed E-state index contributed by atoms with van der Waals surface area (Å²) in [6.45, 7) is 0. The second-order valence-electron chi connectivity index (χ2n) is 5.28. The molecule has 0 aromatic heterocycles. The van der Waals surface area contributed by atoms with E-state index >= 15 is 0 Å². The lowest BCUT2D eigenvalue weighted by molar-refractivity contribution is -0.117. The van der Waals surface area contributed by atoms with Gasteiger partial charge in [-0.15, -0.1) is 0 Å². The Morgan fingerprint density at radius 2 is 1.72 bits per heavy atom. The van der Waals surface area contributed by atoms with Crippen molar-refractivity contribution in [1.29, 1.82) is 0 Å². The fourth-order valence-electron chi connectivity index (χ4n) is 2.22. The summed E-state index contributed by atoms with van der Waals surface area (Å²) in [5, 5.41) is 2.75. The van der Waals surface area contributed by atoms with Crippen LogP contribution in [0.4, 0.5) is 5.69 Å². The van der Waals surface area contributed by atoms with Crippen LogP contribution in [0.5, 0.6) is 11.5 Å². The molecule has 0 unspecified atom stereocenters. The highest BCUT2D eigenvalue weighted by atomic mass is 16.5. The number of carbonyl (C=O) groups is 2. The van der Waals surface area contributed by atoms with Crippen LogP contribution in [-0.4, -0.2) is 26.0 Å². The molecule has 0 radical (unpaired) electrons. The number of hydrogen-bond donors (Lipinski definition) is 2. The summed E-state index contributed by atoms with van der Waals surface area (Å²) in [4.78, 5) is 22.9. The monoisotopic (exact) mass is 340 g/mol.